The first-order chi connectivity index (χ1) is 7.36. The molecule has 0 spiro atoms. The summed E-state index contributed by atoms with van der Waals surface area (Å²) in [5.41, 5.74) is 1.32. The van der Waals surface area contributed by atoms with Crippen LogP contribution in [0.3, 0.4) is 0 Å². The molecule has 1 aliphatic rings. The van der Waals surface area contributed by atoms with Crippen LogP contribution in [0.2, 0.25) is 0 Å². The van der Waals surface area contributed by atoms with Crippen LogP contribution in [-0.4, -0.2) is 37.0 Å². The Morgan fingerprint density at radius 2 is 2.07 bits per heavy atom. The van der Waals surface area contributed by atoms with Crippen molar-refractivity contribution >= 4 is 0 Å². The standard InChI is InChI=1S/C12H17NO2/c14-12-9-15-8-11(12)13-7-6-10-4-2-1-3-5-10/h1-5,11-14H,6-9H2/t11-,12+/m1/s1. The molecule has 2 rings (SSSR count). The number of aliphatic hydroxyl groups is 1. The fraction of sp³-hybridized carbons (Fsp3) is 0.500. The van der Waals surface area contributed by atoms with Gasteiger partial charge in [-0.15, -0.1) is 0 Å². The van der Waals surface area contributed by atoms with Gasteiger partial charge in [0.15, 0.2) is 0 Å². The zero-order valence-electron chi connectivity index (χ0n) is 8.73. The highest BCUT2D eigenvalue weighted by Crippen LogP contribution is 2.05. The molecule has 1 saturated heterocycles. The molecule has 2 atom stereocenters. The maximum absolute atomic E-state index is 9.50. The van der Waals surface area contributed by atoms with Gasteiger partial charge in [0.1, 0.15) is 0 Å². The monoisotopic (exact) mass is 207 g/mol. The maximum atomic E-state index is 9.50. The Kier molecular flexibility index (Phi) is 3.72. The largest absolute Gasteiger partial charge is 0.389 e. The molecule has 0 aromatic heterocycles. The molecule has 0 saturated carbocycles. The molecule has 1 heterocycles. The Labute approximate surface area is 90.1 Å². The molecule has 1 aromatic rings. The zero-order chi connectivity index (χ0) is 10.5. The first kappa shape index (κ1) is 10.6. The zero-order valence-corrected chi connectivity index (χ0v) is 8.73. The summed E-state index contributed by atoms with van der Waals surface area (Å²) in [4.78, 5) is 0. The topological polar surface area (TPSA) is 41.5 Å². The van der Waals surface area contributed by atoms with Gasteiger partial charge in [0.2, 0.25) is 0 Å². The first-order valence-electron chi connectivity index (χ1n) is 5.39. The molecule has 82 valence electrons. The average Bonchev–Trinajstić information content (AvgIpc) is 2.66. The molecule has 0 aliphatic carbocycles. The second kappa shape index (κ2) is 5.26. The molecule has 2 N–H and O–H groups in total. The highest BCUT2D eigenvalue weighted by molar-refractivity contribution is 5.14. The predicted molar refractivity (Wildman–Crippen MR) is 58.8 cm³/mol. The van der Waals surface area contributed by atoms with Crippen LogP contribution >= 0.6 is 0 Å². The Balaban J connectivity index is 1.71. The van der Waals surface area contributed by atoms with E-state index in [1.807, 2.05) is 18.2 Å². The van der Waals surface area contributed by atoms with Gasteiger partial charge in [0.25, 0.3) is 0 Å². The van der Waals surface area contributed by atoms with Gasteiger partial charge in [0, 0.05) is 0 Å². The molecule has 0 bridgehead atoms. The van der Waals surface area contributed by atoms with Gasteiger partial charge in [0.05, 0.1) is 25.4 Å². The summed E-state index contributed by atoms with van der Waals surface area (Å²) in [5.74, 6) is 0. The van der Waals surface area contributed by atoms with Crippen molar-refractivity contribution in [1.29, 1.82) is 0 Å². The Morgan fingerprint density at radius 1 is 1.27 bits per heavy atom. The molecule has 1 fully saturated rings. The van der Waals surface area contributed by atoms with Crippen LogP contribution in [0.5, 0.6) is 0 Å². The van der Waals surface area contributed by atoms with E-state index in [-0.39, 0.29) is 12.1 Å². The van der Waals surface area contributed by atoms with Crippen molar-refractivity contribution in [3.05, 3.63) is 35.9 Å². The molecule has 0 unspecified atom stereocenters. The second-order valence-electron chi connectivity index (χ2n) is 3.90. The lowest BCUT2D eigenvalue weighted by Crippen LogP contribution is -2.39. The van der Waals surface area contributed by atoms with Gasteiger partial charge < -0.3 is 15.2 Å². The molecule has 3 heteroatoms. The van der Waals surface area contributed by atoms with E-state index in [1.165, 1.54) is 5.56 Å². The van der Waals surface area contributed by atoms with Crippen molar-refractivity contribution in [1.82, 2.24) is 5.32 Å². The quantitative estimate of drug-likeness (QED) is 0.759. The fourth-order valence-corrected chi connectivity index (χ4v) is 1.78. The van der Waals surface area contributed by atoms with Crippen molar-refractivity contribution in [3.8, 4) is 0 Å². The lowest BCUT2D eigenvalue weighted by Gasteiger charge is -2.14. The van der Waals surface area contributed by atoms with Crippen LogP contribution in [0.15, 0.2) is 30.3 Å². The molecular weight excluding hydrogens is 190 g/mol. The minimum Gasteiger partial charge on any atom is -0.389 e. The van der Waals surface area contributed by atoms with E-state index in [2.05, 4.69) is 17.4 Å². The van der Waals surface area contributed by atoms with Crippen LogP contribution in [0, 0.1) is 0 Å². The normalized spacial score (nSPS) is 25.7. The van der Waals surface area contributed by atoms with E-state index in [1.54, 1.807) is 0 Å². The summed E-state index contributed by atoms with van der Waals surface area (Å²) in [6.07, 6.45) is 0.644. The van der Waals surface area contributed by atoms with E-state index in [4.69, 9.17) is 4.74 Å². The summed E-state index contributed by atoms with van der Waals surface area (Å²) in [6.45, 7) is 1.97. The lowest BCUT2D eigenvalue weighted by molar-refractivity contribution is 0.122. The second-order valence-corrected chi connectivity index (χ2v) is 3.90. The first-order valence-corrected chi connectivity index (χ1v) is 5.39. The lowest BCUT2D eigenvalue weighted by atomic mass is 10.1. The van der Waals surface area contributed by atoms with Crippen LogP contribution in [0.4, 0.5) is 0 Å². The number of hydrogen-bond donors (Lipinski definition) is 2. The summed E-state index contributed by atoms with van der Waals surface area (Å²) >= 11 is 0. The molecule has 1 aliphatic heterocycles. The number of hydrogen-bond acceptors (Lipinski definition) is 3. The fourth-order valence-electron chi connectivity index (χ4n) is 1.78. The van der Waals surface area contributed by atoms with Gasteiger partial charge in [-0.25, -0.2) is 0 Å². The molecule has 0 radical (unpaired) electrons. The van der Waals surface area contributed by atoms with E-state index in [0.717, 1.165) is 13.0 Å². The Hall–Kier alpha value is -0.900. The van der Waals surface area contributed by atoms with Crippen molar-refractivity contribution in [2.24, 2.45) is 0 Å². The maximum Gasteiger partial charge on any atom is 0.0948 e. The summed E-state index contributed by atoms with van der Waals surface area (Å²) < 4.78 is 5.16. The van der Waals surface area contributed by atoms with Gasteiger partial charge in [-0.3, -0.25) is 0 Å². The van der Waals surface area contributed by atoms with Crippen LogP contribution in [0.1, 0.15) is 5.56 Å². The highest BCUT2D eigenvalue weighted by atomic mass is 16.5. The summed E-state index contributed by atoms with van der Waals surface area (Å²) in [7, 11) is 0. The van der Waals surface area contributed by atoms with Crippen molar-refractivity contribution in [3.63, 3.8) is 0 Å². The number of ether oxygens (including phenoxy) is 1. The minimum absolute atomic E-state index is 0.105. The molecule has 3 nitrogen and oxygen atoms in total. The molecule has 1 aromatic carbocycles. The Morgan fingerprint density at radius 3 is 2.73 bits per heavy atom. The van der Waals surface area contributed by atoms with Crippen LogP contribution in [-0.2, 0) is 11.2 Å². The van der Waals surface area contributed by atoms with Crippen LogP contribution < -0.4 is 5.32 Å². The van der Waals surface area contributed by atoms with Gasteiger partial charge in [-0.1, -0.05) is 30.3 Å². The number of nitrogens with one attached hydrogen (secondary N) is 1. The molecular formula is C12H17NO2. The highest BCUT2D eigenvalue weighted by Gasteiger charge is 2.24. The number of aliphatic hydroxyl groups excluding tert-OH is 1. The SMILES string of the molecule is O[C@H]1COC[C@H]1NCCc1ccccc1. The number of rotatable bonds is 4. The minimum atomic E-state index is -0.347. The Bertz CT molecular complexity index is 289. The summed E-state index contributed by atoms with van der Waals surface area (Å²) in [6, 6.07) is 10.4. The van der Waals surface area contributed by atoms with Crippen LogP contribution in [0.25, 0.3) is 0 Å². The average molecular weight is 207 g/mol. The van der Waals surface area contributed by atoms with Gasteiger partial charge in [-0.05, 0) is 18.5 Å². The van der Waals surface area contributed by atoms with E-state index >= 15 is 0 Å². The van der Waals surface area contributed by atoms with Crippen molar-refractivity contribution < 1.29 is 9.84 Å². The number of benzene rings is 1. The van der Waals surface area contributed by atoms with Gasteiger partial charge >= 0.3 is 0 Å². The predicted octanol–water partition coefficient (Wildman–Crippen LogP) is 0.578. The molecule has 15 heavy (non-hydrogen) atoms. The van der Waals surface area contributed by atoms with E-state index in [0.29, 0.717) is 13.2 Å². The van der Waals surface area contributed by atoms with Crippen molar-refractivity contribution in [2.45, 2.75) is 18.6 Å². The molecule has 0 amide bonds. The third-order valence-corrected chi connectivity index (χ3v) is 2.71. The smallest absolute Gasteiger partial charge is 0.0948 e. The van der Waals surface area contributed by atoms with E-state index < -0.39 is 0 Å². The third kappa shape index (κ3) is 3.02. The van der Waals surface area contributed by atoms with E-state index in [9.17, 15) is 5.11 Å². The third-order valence-electron chi connectivity index (χ3n) is 2.71. The van der Waals surface area contributed by atoms with Crippen molar-refractivity contribution in [2.75, 3.05) is 19.8 Å². The summed E-state index contributed by atoms with van der Waals surface area (Å²) in [5, 5.41) is 12.8. The van der Waals surface area contributed by atoms with Gasteiger partial charge in [-0.2, -0.15) is 0 Å².